The molecular weight excluding hydrogens is 356 g/mol. The van der Waals surface area contributed by atoms with E-state index in [1.165, 1.54) is 11.7 Å². The summed E-state index contributed by atoms with van der Waals surface area (Å²) in [4.78, 5) is 0. The van der Waals surface area contributed by atoms with Gasteiger partial charge in [0.2, 0.25) is 5.03 Å². The van der Waals surface area contributed by atoms with Crippen molar-refractivity contribution in [1.82, 2.24) is 15.0 Å². The van der Waals surface area contributed by atoms with Crippen LogP contribution in [0.15, 0.2) is 33.9 Å². The molecule has 0 saturated heterocycles. The normalized spacial score (nSPS) is 11.5. The van der Waals surface area contributed by atoms with Crippen molar-refractivity contribution in [2.24, 2.45) is 7.05 Å². The van der Waals surface area contributed by atoms with Crippen LogP contribution in [0.4, 0.5) is 5.69 Å². The molecule has 1 aromatic heterocycles. The lowest BCUT2D eigenvalue weighted by molar-refractivity contribution is 0.578. The highest BCUT2D eigenvalue weighted by molar-refractivity contribution is 9.10. The highest BCUT2D eigenvalue weighted by atomic mass is 79.9. The predicted octanol–water partition coefficient (Wildman–Crippen LogP) is 2.12. The van der Waals surface area contributed by atoms with Crippen LogP contribution in [0.5, 0.6) is 0 Å². The summed E-state index contributed by atoms with van der Waals surface area (Å²) in [5, 5.41) is 7.25. The molecule has 0 aliphatic carbocycles. The Balaban J connectivity index is 2.43. The smallest absolute Gasteiger partial charge is 0.278 e. The number of aryl methyl sites for hydroxylation is 1. The molecule has 9 heteroatoms. The topological polar surface area (TPSA) is 76.9 Å². The first-order valence-corrected chi connectivity index (χ1v) is 7.98. The number of hydrogen-bond acceptors (Lipinski definition) is 4. The lowest BCUT2D eigenvalue weighted by Crippen LogP contribution is -2.18. The van der Waals surface area contributed by atoms with E-state index in [-0.39, 0.29) is 15.5 Å². The number of alkyl halides is 1. The third-order valence-electron chi connectivity index (χ3n) is 2.40. The highest BCUT2D eigenvalue weighted by Gasteiger charge is 2.24. The van der Waals surface area contributed by atoms with E-state index in [1.807, 2.05) is 0 Å². The monoisotopic (exact) mass is 364 g/mol. The summed E-state index contributed by atoms with van der Waals surface area (Å²) in [5.74, 6) is 0.212. The fraction of sp³-hybridized carbons (Fsp3) is 0.200. The zero-order chi connectivity index (χ0) is 14.0. The molecule has 2 rings (SSSR count). The molecule has 0 aliphatic rings. The van der Waals surface area contributed by atoms with Gasteiger partial charge < -0.3 is 0 Å². The van der Waals surface area contributed by atoms with Gasteiger partial charge in [0.25, 0.3) is 10.0 Å². The lowest BCUT2D eigenvalue weighted by atomic mass is 10.2. The number of sulfonamides is 1. The van der Waals surface area contributed by atoms with Crippen LogP contribution < -0.4 is 4.72 Å². The van der Waals surface area contributed by atoms with Crippen LogP contribution in [0.2, 0.25) is 0 Å². The van der Waals surface area contributed by atoms with Crippen LogP contribution in [0, 0.1) is 0 Å². The van der Waals surface area contributed by atoms with Crippen molar-refractivity contribution in [1.29, 1.82) is 0 Å². The van der Waals surface area contributed by atoms with Gasteiger partial charge in [-0.1, -0.05) is 23.4 Å². The Labute approximate surface area is 123 Å². The molecule has 19 heavy (non-hydrogen) atoms. The first kappa shape index (κ1) is 14.3. The minimum Gasteiger partial charge on any atom is -0.278 e. The van der Waals surface area contributed by atoms with E-state index in [9.17, 15) is 8.42 Å². The lowest BCUT2D eigenvalue weighted by Gasteiger charge is -2.10. The quantitative estimate of drug-likeness (QED) is 0.842. The van der Waals surface area contributed by atoms with E-state index in [2.05, 4.69) is 31.0 Å². The molecule has 0 amide bonds. The minimum atomic E-state index is -3.78. The van der Waals surface area contributed by atoms with Gasteiger partial charge in [0.05, 0.1) is 5.69 Å². The van der Waals surface area contributed by atoms with Gasteiger partial charge in [-0.05, 0) is 27.6 Å². The summed E-state index contributed by atoms with van der Waals surface area (Å²) < 4.78 is 28.4. The number of benzene rings is 1. The van der Waals surface area contributed by atoms with Crippen LogP contribution >= 0.6 is 27.5 Å². The second-order valence-corrected chi connectivity index (χ2v) is 6.32. The van der Waals surface area contributed by atoms with E-state index in [1.54, 1.807) is 24.3 Å². The number of nitrogens with zero attached hydrogens (tertiary/aromatic N) is 3. The Morgan fingerprint density at radius 1 is 1.42 bits per heavy atom. The molecule has 102 valence electrons. The molecule has 0 radical (unpaired) electrons. The molecule has 6 nitrogen and oxygen atoms in total. The van der Waals surface area contributed by atoms with E-state index in [4.69, 9.17) is 11.6 Å². The standard InChI is InChI=1S/C10H10BrClN4O2S/c1-16-10(9(11)13-15-16)19(17,18)14-8-5-3-2-4-7(8)6-12/h2-5,14H,6H2,1H3. The predicted molar refractivity (Wildman–Crippen MR) is 75.5 cm³/mol. The van der Waals surface area contributed by atoms with Crippen molar-refractivity contribution < 1.29 is 8.42 Å². The number of para-hydroxylation sites is 1. The van der Waals surface area contributed by atoms with Gasteiger partial charge in [0.1, 0.15) is 0 Å². The van der Waals surface area contributed by atoms with Crippen LogP contribution in [-0.2, 0) is 23.0 Å². The molecule has 0 saturated carbocycles. The Morgan fingerprint density at radius 2 is 2.11 bits per heavy atom. The molecule has 0 atom stereocenters. The van der Waals surface area contributed by atoms with Crippen molar-refractivity contribution in [2.75, 3.05) is 4.72 Å². The highest BCUT2D eigenvalue weighted by Crippen LogP contribution is 2.24. The van der Waals surface area contributed by atoms with E-state index in [0.717, 1.165) is 0 Å². The third-order valence-corrected chi connectivity index (χ3v) is 4.94. The summed E-state index contributed by atoms with van der Waals surface area (Å²) in [6, 6.07) is 6.91. The van der Waals surface area contributed by atoms with Gasteiger partial charge >= 0.3 is 0 Å². The van der Waals surface area contributed by atoms with Crippen molar-refractivity contribution in [2.45, 2.75) is 10.9 Å². The van der Waals surface area contributed by atoms with E-state index < -0.39 is 10.0 Å². The van der Waals surface area contributed by atoms with Crippen molar-refractivity contribution in [3.8, 4) is 0 Å². The van der Waals surface area contributed by atoms with Gasteiger partial charge in [-0.25, -0.2) is 4.68 Å². The minimum absolute atomic E-state index is 0.0446. The molecule has 1 heterocycles. The summed E-state index contributed by atoms with van der Waals surface area (Å²) in [5.41, 5.74) is 1.13. The Kier molecular flexibility index (Phi) is 4.12. The fourth-order valence-corrected chi connectivity index (χ4v) is 3.97. The SMILES string of the molecule is Cn1nnc(Br)c1S(=O)(=O)Nc1ccccc1CCl. The zero-order valence-corrected chi connectivity index (χ0v) is 13.0. The Hall–Kier alpha value is -1.12. The second-order valence-electron chi connectivity index (χ2n) is 3.71. The zero-order valence-electron chi connectivity index (χ0n) is 9.84. The number of rotatable bonds is 4. The second kappa shape index (κ2) is 5.48. The Bertz CT molecular complexity index is 682. The van der Waals surface area contributed by atoms with Gasteiger partial charge in [-0.3, -0.25) is 4.72 Å². The van der Waals surface area contributed by atoms with Gasteiger partial charge in [0, 0.05) is 12.9 Å². The van der Waals surface area contributed by atoms with Crippen LogP contribution in [0.25, 0.3) is 0 Å². The maximum Gasteiger partial charge on any atom is 0.281 e. The summed E-state index contributed by atoms with van der Waals surface area (Å²) >= 11 is 8.84. The molecule has 0 spiro atoms. The van der Waals surface area contributed by atoms with E-state index >= 15 is 0 Å². The molecule has 0 fully saturated rings. The summed E-state index contributed by atoms with van der Waals surface area (Å²) in [6.07, 6.45) is 0. The first-order valence-electron chi connectivity index (χ1n) is 5.17. The van der Waals surface area contributed by atoms with Crippen molar-refractivity contribution in [3.63, 3.8) is 0 Å². The van der Waals surface area contributed by atoms with Gasteiger partial charge in [-0.2, -0.15) is 8.42 Å². The van der Waals surface area contributed by atoms with Crippen LogP contribution in [0.1, 0.15) is 5.56 Å². The largest absolute Gasteiger partial charge is 0.281 e. The molecule has 2 aromatic rings. The maximum absolute atomic E-state index is 12.3. The number of aromatic nitrogens is 3. The maximum atomic E-state index is 12.3. The van der Waals surface area contributed by atoms with Gasteiger partial charge in [0.15, 0.2) is 4.60 Å². The third kappa shape index (κ3) is 2.90. The summed E-state index contributed by atoms with van der Waals surface area (Å²) in [6.45, 7) is 0. The average molecular weight is 366 g/mol. The molecule has 1 N–H and O–H groups in total. The molecular formula is C10H10BrClN4O2S. The van der Waals surface area contributed by atoms with Crippen molar-refractivity contribution in [3.05, 3.63) is 34.4 Å². The number of hydrogen-bond donors (Lipinski definition) is 1. The van der Waals surface area contributed by atoms with Gasteiger partial charge in [-0.15, -0.1) is 16.7 Å². The summed E-state index contributed by atoms with van der Waals surface area (Å²) in [7, 11) is -2.28. The molecule has 1 aromatic carbocycles. The average Bonchev–Trinajstić information content (AvgIpc) is 2.70. The number of halogens is 2. The Morgan fingerprint density at radius 3 is 2.68 bits per heavy atom. The van der Waals surface area contributed by atoms with E-state index in [0.29, 0.717) is 11.3 Å². The number of nitrogens with one attached hydrogen (secondary N) is 1. The molecule has 0 aliphatic heterocycles. The fourth-order valence-electron chi connectivity index (χ4n) is 1.54. The first-order chi connectivity index (χ1) is 8.95. The number of anilines is 1. The van der Waals surface area contributed by atoms with Crippen molar-refractivity contribution >= 4 is 43.2 Å². The van der Waals surface area contributed by atoms with Crippen LogP contribution in [-0.4, -0.2) is 23.4 Å². The molecule has 0 bridgehead atoms. The van der Waals surface area contributed by atoms with Crippen LogP contribution in [0.3, 0.4) is 0 Å². The molecule has 0 unspecified atom stereocenters.